The van der Waals surface area contributed by atoms with Crippen molar-refractivity contribution in [2.45, 2.75) is 64.2 Å². The molecule has 0 bridgehead atoms. The number of anilines is 6. The van der Waals surface area contributed by atoms with E-state index in [0.29, 0.717) is 0 Å². The van der Waals surface area contributed by atoms with Gasteiger partial charge < -0.3 is 9.80 Å². The van der Waals surface area contributed by atoms with Crippen molar-refractivity contribution < 1.29 is 0 Å². The van der Waals surface area contributed by atoms with Crippen molar-refractivity contribution in [2.24, 2.45) is 0 Å². The van der Waals surface area contributed by atoms with Crippen molar-refractivity contribution in [2.75, 3.05) is 9.80 Å². The number of para-hydroxylation sites is 2. The number of hydrogen-bond donors (Lipinski definition) is 0. The quantitative estimate of drug-likeness (QED) is 0.162. The second-order valence-corrected chi connectivity index (χ2v) is 13.9. The molecule has 0 amide bonds. The molecular formula is C48H46N2. The summed E-state index contributed by atoms with van der Waals surface area (Å²) in [4.78, 5) is 4.81. The largest absolute Gasteiger partial charge is 0.310 e. The van der Waals surface area contributed by atoms with E-state index in [4.69, 9.17) is 0 Å². The molecular weight excluding hydrogens is 605 g/mol. The molecule has 2 aliphatic carbocycles. The number of fused-ring (bicyclic) bond motifs is 1. The van der Waals surface area contributed by atoms with Gasteiger partial charge >= 0.3 is 0 Å². The molecule has 6 aromatic carbocycles. The minimum atomic E-state index is 1.14. The Morgan fingerprint density at radius 2 is 0.660 bits per heavy atom. The van der Waals surface area contributed by atoms with E-state index in [1.54, 1.807) is 11.1 Å². The highest BCUT2D eigenvalue weighted by atomic mass is 15.2. The van der Waals surface area contributed by atoms with Crippen molar-refractivity contribution >= 4 is 57.0 Å². The second-order valence-electron chi connectivity index (χ2n) is 13.9. The fourth-order valence-electron chi connectivity index (χ4n) is 7.88. The highest BCUT2D eigenvalue weighted by molar-refractivity contribution is 6.07. The van der Waals surface area contributed by atoms with Gasteiger partial charge in [0.05, 0.1) is 11.4 Å². The van der Waals surface area contributed by atoms with Crippen LogP contribution in [0.15, 0.2) is 157 Å². The zero-order valence-electron chi connectivity index (χ0n) is 29.0. The van der Waals surface area contributed by atoms with E-state index in [1.807, 2.05) is 0 Å². The second kappa shape index (κ2) is 15.0. The predicted octanol–water partition coefficient (Wildman–Crippen LogP) is 14.5. The molecule has 0 unspecified atom stereocenters. The monoisotopic (exact) mass is 650 g/mol. The highest BCUT2D eigenvalue weighted by Crippen LogP contribution is 2.45. The summed E-state index contributed by atoms with van der Waals surface area (Å²) in [5.41, 5.74) is 12.7. The van der Waals surface area contributed by atoms with Crippen molar-refractivity contribution in [1.82, 2.24) is 0 Å². The van der Waals surface area contributed by atoms with Crippen molar-refractivity contribution in [3.63, 3.8) is 0 Å². The van der Waals surface area contributed by atoms with E-state index in [9.17, 15) is 0 Å². The van der Waals surface area contributed by atoms with Gasteiger partial charge in [0.15, 0.2) is 0 Å². The Bertz CT molecular complexity index is 1920. The van der Waals surface area contributed by atoms with Gasteiger partial charge in [-0.25, -0.2) is 0 Å². The maximum Gasteiger partial charge on any atom is 0.0541 e. The third-order valence-corrected chi connectivity index (χ3v) is 10.4. The van der Waals surface area contributed by atoms with E-state index in [1.165, 1.54) is 86.1 Å². The maximum atomic E-state index is 2.41. The molecule has 50 heavy (non-hydrogen) atoms. The Labute approximate surface area is 298 Å². The summed E-state index contributed by atoms with van der Waals surface area (Å²) in [5, 5.41) is 2.42. The number of rotatable bonds is 8. The van der Waals surface area contributed by atoms with Crippen LogP contribution in [0.2, 0.25) is 0 Å². The van der Waals surface area contributed by atoms with Gasteiger partial charge in [-0.1, -0.05) is 121 Å². The van der Waals surface area contributed by atoms with Crippen LogP contribution >= 0.6 is 0 Å². The van der Waals surface area contributed by atoms with Crippen LogP contribution in [0, 0.1) is 0 Å². The Kier molecular flexibility index (Phi) is 9.60. The van der Waals surface area contributed by atoms with Gasteiger partial charge in [-0.05, 0) is 123 Å². The predicted molar refractivity (Wildman–Crippen MR) is 215 cm³/mol. The molecule has 0 heterocycles. The van der Waals surface area contributed by atoms with Gasteiger partial charge in [-0.3, -0.25) is 0 Å². The van der Waals surface area contributed by atoms with Gasteiger partial charge in [0.25, 0.3) is 0 Å². The van der Waals surface area contributed by atoms with E-state index < -0.39 is 0 Å². The van der Waals surface area contributed by atoms with Gasteiger partial charge in [0, 0.05) is 33.5 Å². The van der Waals surface area contributed by atoms with Crippen LogP contribution < -0.4 is 9.80 Å². The van der Waals surface area contributed by atoms with Gasteiger partial charge in [0.2, 0.25) is 0 Å². The van der Waals surface area contributed by atoms with Crippen LogP contribution in [0.4, 0.5) is 34.1 Å². The van der Waals surface area contributed by atoms with E-state index in [2.05, 4.69) is 168 Å². The third-order valence-electron chi connectivity index (χ3n) is 10.4. The van der Waals surface area contributed by atoms with E-state index in [0.717, 1.165) is 34.1 Å². The Balaban J connectivity index is 1.21. The van der Waals surface area contributed by atoms with Crippen molar-refractivity contribution in [3.8, 4) is 0 Å². The van der Waals surface area contributed by atoms with E-state index in [-0.39, 0.29) is 0 Å². The van der Waals surface area contributed by atoms with Crippen LogP contribution in [0.1, 0.15) is 75.3 Å². The average molecular weight is 651 g/mol. The Morgan fingerprint density at radius 1 is 0.320 bits per heavy atom. The summed E-state index contributed by atoms with van der Waals surface area (Å²) in [5.74, 6) is 0. The van der Waals surface area contributed by atoms with Crippen LogP contribution in [0.3, 0.4) is 0 Å². The molecule has 6 aromatic rings. The summed E-state index contributed by atoms with van der Waals surface area (Å²) in [6, 6.07) is 53.3. The standard InChI is InChI=1S/C48H46N2/c1-5-15-37(16-6-1)35-39-25-29-43(30-26-39)49(41-19-9-3-10-20-41)47-33-34-48(46-24-14-13-23-45(46)47)50(42-21-11-4-12-22-42)44-31-27-40(28-32-44)36-38-17-7-2-8-18-38/h3-4,9-14,19-36H,1-2,5-8,15-18H2. The first-order chi connectivity index (χ1) is 24.8. The average Bonchev–Trinajstić information content (AvgIpc) is 3.19. The minimum Gasteiger partial charge on any atom is -0.310 e. The molecule has 2 saturated carbocycles. The summed E-state index contributed by atoms with van der Waals surface area (Å²) < 4.78 is 0. The summed E-state index contributed by atoms with van der Waals surface area (Å²) >= 11 is 0. The lowest BCUT2D eigenvalue weighted by atomic mass is 9.93. The lowest BCUT2D eigenvalue weighted by molar-refractivity contribution is 0.602. The van der Waals surface area contributed by atoms with Gasteiger partial charge in [-0.15, -0.1) is 0 Å². The Hall–Kier alpha value is -5.34. The number of allylic oxidation sites excluding steroid dienone is 2. The molecule has 2 aliphatic rings. The zero-order valence-corrected chi connectivity index (χ0v) is 29.0. The molecule has 0 N–H and O–H groups in total. The molecule has 0 radical (unpaired) electrons. The first kappa shape index (κ1) is 31.9. The summed E-state index contributed by atoms with van der Waals surface area (Å²) in [7, 11) is 0. The molecule has 2 fully saturated rings. The van der Waals surface area contributed by atoms with Crippen LogP contribution in [0.5, 0.6) is 0 Å². The number of hydrogen-bond acceptors (Lipinski definition) is 2. The van der Waals surface area contributed by atoms with Crippen LogP contribution in [0.25, 0.3) is 22.9 Å². The molecule has 0 aliphatic heterocycles. The molecule has 2 nitrogen and oxygen atoms in total. The molecule has 0 atom stereocenters. The fourth-order valence-corrected chi connectivity index (χ4v) is 7.88. The number of benzene rings is 6. The first-order valence-corrected chi connectivity index (χ1v) is 18.6. The van der Waals surface area contributed by atoms with Crippen molar-refractivity contribution in [1.29, 1.82) is 0 Å². The Morgan fingerprint density at radius 3 is 1.04 bits per heavy atom. The molecule has 248 valence electrons. The molecule has 8 rings (SSSR count). The fraction of sp³-hybridized carbons (Fsp3) is 0.208. The lowest BCUT2D eigenvalue weighted by Crippen LogP contribution is -2.13. The topological polar surface area (TPSA) is 6.48 Å². The van der Waals surface area contributed by atoms with Gasteiger partial charge in [-0.2, -0.15) is 0 Å². The van der Waals surface area contributed by atoms with Crippen LogP contribution in [-0.4, -0.2) is 0 Å². The maximum absolute atomic E-state index is 2.41. The zero-order chi connectivity index (χ0) is 33.5. The lowest BCUT2D eigenvalue weighted by Gasteiger charge is -2.30. The number of nitrogens with zero attached hydrogens (tertiary/aromatic N) is 2. The van der Waals surface area contributed by atoms with Crippen molar-refractivity contribution in [3.05, 3.63) is 168 Å². The highest BCUT2D eigenvalue weighted by Gasteiger charge is 2.20. The van der Waals surface area contributed by atoms with Gasteiger partial charge in [0.1, 0.15) is 0 Å². The molecule has 0 saturated heterocycles. The van der Waals surface area contributed by atoms with Crippen LogP contribution in [-0.2, 0) is 0 Å². The normalized spacial score (nSPS) is 14.7. The minimum absolute atomic E-state index is 1.14. The first-order valence-electron chi connectivity index (χ1n) is 18.6. The molecule has 2 heteroatoms. The SMILES string of the molecule is C(=C1CCCCC1)c1ccc(N(c2ccccc2)c2ccc(N(c3ccccc3)c3ccc(C=C4CCCCC4)cc3)c3ccccc23)cc1. The molecule has 0 spiro atoms. The third kappa shape index (κ3) is 7.03. The summed E-state index contributed by atoms with van der Waals surface area (Å²) in [6.07, 6.45) is 17.8. The molecule has 0 aromatic heterocycles. The van der Waals surface area contributed by atoms with E-state index >= 15 is 0 Å². The smallest absolute Gasteiger partial charge is 0.0541 e. The summed E-state index contributed by atoms with van der Waals surface area (Å²) in [6.45, 7) is 0.